The molecule has 0 rings (SSSR count). The van der Waals surface area contributed by atoms with Crippen molar-refractivity contribution in [3.8, 4) is 6.07 Å². The zero-order valence-corrected chi connectivity index (χ0v) is 7.92. The van der Waals surface area contributed by atoms with Crippen LogP contribution in [0.1, 0.15) is 13.8 Å². The predicted molar refractivity (Wildman–Crippen MR) is 47.1 cm³/mol. The molecule has 13 heavy (non-hydrogen) atoms. The topological polar surface area (TPSA) is 88.1 Å². The highest BCUT2D eigenvalue weighted by molar-refractivity contribution is 5.93. The molecule has 3 N–H and O–H groups in total. The lowest BCUT2D eigenvalue weighted by Crippen LogP contribution is -2.30. The van der Waals surface area contributed by atoms with E-state index >= 15 is 0 Å². The monoisotopic (exact) mass is 183 g/mol. The Hall–Kier alpha value is -1.70. The largest absolute Gasteiger partial charge is 0.465 e. The zero-order valence-electron chi connectivity index (χ0n) is 7.92. The van der Waals surface area contributed by atoms with Crippen molar-refractivity contribution in [2.75, 3.05) is 7.11 Å². The second-order valence-corrected chi connectivity index (χ2v) is 2.69. The second kappa shape index (κ2) is 5.04. The number of nitrogens with zero attached hydrogens (tertiary/aromatic N) is 1. The van der Waals surface area contributed by atoms with E-state index in [0.717, 1.165) is 0 Å². The molecule has 0 aliphatic heterocycles. The molecular formula is C8H13N3O2. The van der Waals surface area contributed by atoms with E-state index in [9.17, 15) is 4.79 Å². The molecule has 0 saturated carbocycles. The van der Waals surface area contributed by atoms with Crippen molar-refractivity contribution in [2.24, 2.45) is 5.73 Å². The summed E-state index contributed by atoms with van der Waals surface area (Å²) >= 11 is 0. The number of rotatable bonds is 3. The molecule has 5 heteroatoms. The maximum absolute atomic E-state index is 10.9. The summed E-state index contributed by atoms with van der Waals surface area (Å²) in [4.78, 5) is 10.9. The van der Waals surface area contributed by atoms with Crippen molar-refractivity contribution in [1.29, 1.82) is 5.26 Å². The lowest BCUT2D eigenvalue weighted by Gasteiger charge is -2.10. The number of nitrogens with one attached hydrogen (secondary N) is 1. The van der Waals surface area contributed by atoms with E-state index in [0.29, 0.717) is 0 Å². The highest BCUT2D eigenvalue weighted by Gasteiger charge is 2.13. The van der Waals surface area contributed by atoms with Gasteiger partial charge in [-0.1, -0.05) is 0 Å². The smallest absolute Gasteiger partial charge is 0.352 e. The molecular weight excluding hydrogens is 170 g/mol. The van der Waals surface area contributed by atoms with Gasteiger partial charge in [0.2, 0.25) is 0 Å². The van der Waals surface area contributed by atoms with E-state index in [-0.39, 0.29) is 17.4 Å². The number of nitriles is 1. The standard InChI is InChI=1S/C8H13N3O2/c1-5(2)11-7(10)6(4-9)8(12)13-3/h5,11H,10H2,1-3H3/b7-6+. The van der Waals surface area contributed by atoms with Crippen LogP contribution in [0.5, 0.6) is 0 Å². The number of carbonyl (C=O) groups is 1. The van der Waals surface area contributed by atoms with Gasteiger partial charge in [0, 0.05) is 6.04 Å². The Morgan fingerprint density at radius 2 is 2.15 bits per heavy atom. The van der Waals surface area contributed by atoms with E-state index in [2.05, 4.69) is 10.1 Å². The second-order valence-electron chi connectivity index (χ2n) is 2.69. The third kappa shape index (κ3) is 3.47. The first-order valence-corrected chi connectivity index (χ1v) is 3.77. The van der Waals surface area contributed by atoms with Crippen molar-refractivity contribution < 1.29 is 9.53 Å². The fourth-order valence-corrected chi connectivity index (χ4v) is 0.701. The Bertz CT molecular complexity index is 263. The molecule has 0 fully saturated rings. The van der Waals surface area contributed by atoms with Gasteiger partial charge in [0.15, 0.2) is 5.57 Å². The number of methoxy groups -OCH3 is 1. The molecule has 0 bridgehead atoms. The van der Waals surface area contributed by atoms with E-state index in [1.54, 1.807) is 6.07 Å². The average Bonchev–Trinajstić information content (AvgIpc) is 2.03. The van der Waals surface area contributed by atoms with Crippen LogP contribution in [-0.2, 0) is 9.53 Å². The van der Waals surface area contributed by atoms with Gasteiger partial charge in [-0.15, -0.1) is 0 Å². The highest BCUT2D eigenvalue weighted by Crippen LogP contribution is 1.98. The van der Waals surface area contributed by atoms with Crippen molar-refractivity contribution >= 4 is 5.97 Å². The van der Waals surface area contributed by atoms with E-state index < -0.39 is 5.97 Å². The van der Waals surface area contributed by atoms with Gasteiger partial charge in [0.25, 0.3) is 0 Å². The maximum atomic E-state index is 10.9. The van der Waals surface area contributed by atoms with Gasteiger partial charge < -0.3 is 15.8 Å². The van der Waals surface area contributed by atoms with Crippen LogP contribution in [0.3, 0.4) is 0 Å². The molecule has 5 nitrogen and oxygen atoms in total. The van der Waals surface area contributed by atoms with Crippen LogP contribution >= 0.6 is 0 Å². The van der Waals surface area contributed by atoms with Gasteiger partial charge >= 0.3 is 5.97 Å². The van der Waals surface area contributed by atoms with Crippen LogP contribution in [0.25, 0.3) is 0 Å². The summed E-state index contributed by atoms with van der Waals surface area (Å²) in [5.41, 5.74) is 5.25. The molecule has 0 saturated heterocycles. The van der Waals surface area contributed by atoms with E-state index in [1.807, 2.05) is 13.8 Å². The van der Waals surface area contributed by atoms with E-state index in [1.165, 1.54) is 7.11 Å². The van der Waals surface area contributed by atoms with Crippen LogP contribution in [-0.4, -0.2) is 19.1 Å². The van der Waals surface area contributed by atoms with Crippen molar-refractivity contribution in [2.45, 2.75) is 19.9 Å². The fourth-order valence-electron chi connectivity index (χ4n) is 0.701. The minimum atomic E-state index is -0.729. The number of hydrogen-bond acceptors (Lipinski definition) is 5. The molecule has 0 aromatic carbocycles. The Labute approximate surface area is 77.2 Å². The lowest BCUT2D eigenvalue weighted by atomic mass is 10.3. The molecule has 0 spiro atoms. The maximum Gasteiger partial charge on any atom is 0.352 e. The van der Waals surface area contributed by atoms with Gasteiger partial charge in [-0.25, -0.2) is 4.79 Å². The molecule has 0 radical (unpaired) electrons. The first-order valence-electron chi connectivity index (χ1n) is 3.77. The lowest BCUT2D eigenvalue weighted by molar-refractivity contribution is -0.135. The van der Waals surface area contributed by atoms with Gasteiger partial charge in [0.1, 0.15) is 11.9 Å². The van der Waals surface area contributed by atoms with Gasteiger partial charge in [-0.05, 0) is 13.8 Å². The molecule has 0 unspecified atom stereocenters. The number of carbonyl (C=O) groups excluding carboxylic acids is 1. The fraction of sp³-hybridized carbons (Fsp3) is 0.500. The van der Waals surface area contributed by atoms with Crippen LogP contribution < -0.4 is 11.1 Å². The van der Waals surface area contributed by atoms with Crippen molar-refractivity contribution in [3.63, 3.8) is 0 Å². The third-order valence-corrected chi connectivity index (χ3v) is 1.21. The molecule has 0 heterocycles. The molecule has 0 aliphatic rings. The predicted octanol–water partition coefficient (Wildman–Crippen LogP) is -0.149. The summed E-state index contributed by atoms with van der Waals surface area (Å²) in [7, 11) is 1.20. The Morgan fingerprint density at radius 3 is 2.46 bits per heavy atom. The van der Waals surface area contributed by atoms with Crippen LogP contribution in [0, 0.1) is 11.3 Å². The van der Waals surface area contributed by atoms with Gasteiger partial charge in [-0.3, -0.25) is 0 Å². The quantitative estimate of drug-likeness (QED) is 0.361. The number of ether oxygens (including phenoxy) is 1. The van der Waals surface area contributed by atoms with Gasteiger partial charge in [-0.2, -0.15) is 5.26 Å². The Kier molecular flexibility index (Phi) is 4.38. The zero-order chi connectivity index (χ0) is 10.4. The molecule has 0 aromatic heterocycles. The molecule has 0 amide bonds. The summed E-state index contributed by atoms with van der Waals surface area (Å²) in [6.07, 6.45) is 0. The summed E-state index contributed by atoms with van der Waals surface area (Å²) in [5.74, 6) is -0.683. The summed E-state index contributed by atoms with van der Waals surface area (Å²) < 4.78 is 4.37. The average molecular weight is 183 g/mol. The van der Waals surface area contributed by atoms with Crippen LogP contribution in [0.15, 0.2) is 11.4 Å². The minimum absolute atomic E-state index is 0.0457. The van der Waals surface area contributed by atoms with Crippen molar-refractivity contribution in [3.05, 3.63) is 11.4 Å². The van der Waals surface area contributed by atoms with E-state index in [4.69, 9.17) is 11.0 Å². The molecule has 72 valence electrons. The van der Waals surface area contributed by atoms with Crippen LogP contribution in [0.2, 0.25) is 0 Å². The molecule has 0 atom stereocenters. The number of hydrogen-bond donors (Lipinski definition) is 2. The minimum Gasteiger partial charge on any atom is -0.465 e. The summed E-state index contributed by atoms with van der Waals surface area (Å²) in [6, 6.07) is 1.74. The first-order chi connectivity index (χ1) is 6.02. The summed E-state index contributed by atoms with van der Waals surface area (Å²) in [5, 5.41) is 11.3. The normalized spacial score (nSPS) is 11.6. The van der Waals surface area contributed by atoms with Gasteiger partial charge in [0.05, 0.1) is 7.11 Å². The first kappa shape index (κ1) is 11.3. The molecule has 0 aromatic rings. The third-order valence-electron chi connectivity index (χ3n) is 1.21. The van der Waals surface area contributed by atoms with Crippen LogP contribution in [0.4, 0.5) is 0 Å². The van der Waals surface area contributed by atoms with Crippen molar-refractivity contribution in [1.82, 2.24) is 5.32 Å². The number of esters is 1. The Balaban J connectivity index is 4.72. The SMILES string of the molecule is COC(=O)/C(C#N)=C(\N)NC(C)C. The Morgan fingerprint density at radius 1 is 1.62 bits per heavy atom. The highest BCUT2D eigenvalue weighted by atomic mass is 16.5. The number of nitrogens with two attached hydrogens (primary N) is 1. The molecule has 0 aliphatic carbocycles. The summed E-state index contributed by atoms with van der Waals surface area (Å²) in [6.45, 7) is 3.69.